The maximum atomic E-state index is 11.8. The Morgan fingerprint density at radius 3 is 1.53 bits per heavy atom. The molecular weight excluding hydrogens is 444 g/mol. The van der Waals surface area contributed by atoms with Gasteiger partial charge in [-0.3, -0.25) is 29.8 Å². The number of nitro benzene ring substituents is 2. The molecule has 2 rings (SSSR count). The summed E-state index contributed by atoms with van der Waals surface area (Å²) in [6.07, 6.45) is 5.99. The van der Waals surface area contributed by atoms with E-state index in [1.165, 1.54) is 48.8 Å². The van der Waals surface area contributed by atoms with Gasteiger partial charge in [0.2, 0.25) is 11.8 Å². The first kappa shape index (κ1) is 25.8. The first-order chi connectivity index (χ1) is 16.3. The van der Waals surface area contributed by atoms with Gasteiger partial charge in [-0.1, -0.05) is 37.1 Å². The highest BCUT2D eigenvalue weighted by Gasteiger charge is 2.06. The first-order valence-corrected chi connectivity index (χ1v) is 10.5. The Balaban J connectivity index is 1.56. The van der Waals surface area contributed by atoms with Gasteiger partial charge in [-0.15, -0.1) is 0 Å². The summed E-state index contributed by atoms with van der Waals surface area (Å²) in [6.45, 7) is 0. The van der Waals surface area contributed by atoms with Crippen molar-refractivity contribution in [3.05, 3.63) is 79.9 Å². The van der Waals surface area contributed by atoms with Crippen molar-refractivity contribution in [3.8, 4) is 0 Å². The molecule has 2 N–H and O–H groups in total. The fourth-order valence-electron chi connectivity index (χ4n) is 2.83. The van der Waals surface area contributed by atoms with E-state index >= 15 is 0 Å². The molecule has 0 aliphatic carbocycles. The van der Waals surface area contributed by atoms with Crippen LogP contribution in [0.1, 0.15) is 49.7 Å². The van der Waals surface area contributed by atoms with Crippen LogP contribution in [0.4, 0.5) is 11.4 Å². The lowest BCUT2D eigenvalue weighted by atomic mass is 10.1. The van der Waals surface area contributed by atoms with Gasteiger partial charge in [0.15, 0.2) is 0 Å². The van der Waals surface area contributed by atoms with E-state index in [4.69, 9.17) is 0 Å². The Labute approximate surface area is 195 Å². The SMILES string of the molecule is O=C(CCCCCCC(=O)NN=Cc1cccc([N+](=O)[O-])c1)NN=Cc1cccc([N+](=O)[O-])c1. The smallest absolute Gasteiger partial charge is 0.270 e. The number of nitrogens with one attached hydrogen (secondary N) is 2. The molecule has 0 spiro atoms. The molecule has 0 saturated heterocycles. The number of hydrogen-bond acceptors (Lipinski definition) is 8. The summed E-state index contributed by atoms with van der Waals surface area (Å²) in [5.74, 6) is -0.537. The highest BCUT2D eigenvalue weighted by Crippen LogP contribution is 2.12. The third-order valence-electron chi connectivity index (χ3n) is 4.53. The van der Waals surface area contributed by atoms with E-state index in [2.05, 4.69) is 21.1 Å². The molecule has 12 nitrogen and oxygen atoms in total. The lowest BCUT2D eigenvalue weighted by molar-refractivity contribution is -0.385. The molecule has 0 saturated carbocycles. The van der Waals surface area contributed by atoms with Crippen LogP contribution in [0.25, 0.3) is 0 Å². The highest BCUT2D eigenvalue weighted by molar-refractivity contribution is 5.83. The van der Waals surface area contributed by atoms with Crippen molar-refractivity contribution < 1.29 is 19.4 Å². The number of carbonyl (C=O) groups excluding carboxylic acids is 2. The van der Waals surface area contributed by atoms with Crippen LogP contribution < -0.4 is 10.9 Å². The summed E-state index contributed by atoms with van der Waals surface area (Å²) in [5.41, 5.74) is 5.65. The standard InChI is InChI=1S/C22H24N6O6/c29-21(25-23-15-17-7-5-9-19(13-17)27(31)32)11-3-1-2-4-12-22(30)26-24-16-18-8-6-10-20(14-18)28(33)34/h5-10,13-16H,1-4,11-12H2,(H,25,29)(H,26,30). The van der Waals surface area contributed by atoms with Gasteiger partial charge in [-0.25, -0.2) is 10.9 Å². The predicted octanol–water partition coefficient (Wildman–Crippen LogP) is 3.44. The number of benzene rings is 2. The third kappa shape index (κ3) is 9.77. The number of nitro groups is 2. The largest absolute Gasteiger partial charge is 0.273 e. The third-order valence-corrected chi connectivity index (χ3v) is 4.53. The van der Waals surface area contributed by atoms with Crippen LogP contribution in [0.3, 0.4) is 0 Å². The summed E-state index contributed by atoms with van der Waals surface area (Å²) in [5, 5.41) is 29.1. The van der Waals surface area contributed by atoms with Crippen LogP contribution in [0.2, 0.25) is 0 Å². The molecule has 0 radical (unpaired) electrons. The molecule has 34 heavy (non-hydrogen) atoms. The van der Waals surface area contributed by atoms with Gasteiger partial charge < -0.3 is 0 Å². The van der Waals surface area contributed by atoms with Crippen LogP contribution >= 0.6 is 0 Å². The molecule has 2 aromatic carbocycles. The van der Waals surface area contributed by atoms with E-state index in [1.807, 2.05) is 0 Å². The Hall–Kier alpha value is -4.48. The van der Waals surface area contributed by atoms with E-state index in [0.29, 0.717) is 24.0 Å². The molecule has 0 heterocycles. The van der Waals surface area contributed by atoms with Crippen molar-refractivity contribution in [2.24, 2.45) is 10.2 Å². The van der Waals surface area contributed by atoms with Gasteiger partial charge in [0, 0.05) is 48.2 Å². The summed E-state index contributed by atoms with van der Waals surface area (Å²) >= 11 is 0. The maximum Gasteiger partial charge on any atom is 0.270 e. The minimum atomic E-state index is -0.507. The molecule has 0 bridgehead atoms. The van der Waals surface area contributed by atoms with Crippen molar-refractivity contribution >= 4 is 35.6 Å². The average Bonchev–Trinajstić information content (AvgIpc) is 2.81. The number of hydrogen-bond donors (Lipinski definition) is 2. The Morgan fingerprint density at radius 2 is 1.15 bits per heavy atom. The van der Waals surface area contributed by atoms with E-state index in [9.17, 15) is 29.8 Å². The fraction of sp³-hybridized carbons (Fsp3) is 0.273. The minimum Gasteiger partial charge on any atom is -0.273 e. The van der Waals surface area contributed by atoms with Crippen molar-refractivity contribution in [2.45, 2.75) is 38.5 Å². The zero-order chi connectivity index (χ0) is 24.8. The van der Waals surface area contributed by atoms with Crippen molar-refractivity contribution in [2.75, 3.05) is 0 Å². The normalized spacial score (nSPS) is 10.9. The first-order valence-electron chi connectivity index (χ1n) is 10.5. The Morgan fingerprint density at radius 1 is 0.735 bits per heavy atom. The van der Waals surface area contributed by atoms with E-state index in [1.54, 1.807) is 12.1 Å². The minimum absolute atomic E-state index is 0.0572. The fourth-order valence-corrected chi connectivity index (χ4v) is 2.83. The molecule has 0 atom stereocenters. The van der Waals surface area contributed by atoms with Crippen molar-refractivity contribution in [1.29, 1.82) is 0 Å². The quantitative estimate of drug-likeness (QED) is 0.197. The van der Waals surface area contributed by atoms with E-state index in [0.717, 1.165) is 12.8 Å². The van der Waals surface area contributed by atoms with Gasteiger partial charge in [0.05, 0.1) is 22.3 Å². The number of carbonyl (C=O) groups is 2. The van der Waals surface area contributed by atoms with Gasteiger partial charge >= 0.3 is 0 Å². The number of rotatable bonds is 13. The van der Waals surface area contributed by atoms with Gasteiger partial charge in [-0.2, -0.15) is 10.2 Å². The van der Waals surface area contributed by atoms with Crippen LogP contribution in [-0.4, -0.2) is 34.1 Å². The number of nitrogens with zero attached hydrogens (tertiary/aromatic N) is 4. The molecule has 0 fully saturated rings. The number of unbranched alkanes of at least 4 members (excludes halogenated alkanes) is 3. The lowest BCUT2D eigenvalue weighted by Crippen LogP contribution is -2.17. The summed E-state index contributed by atoms with van der Waals surface area (Å²) in [4.78, 5) is 44.0. The number of hydrazone groups is 2. The van der Waals surface area contributed by atoms with Gasteiger partial charge in [-0.05, 0) is 12.8 Å². The Bertz CT molecular complexity index is 1000. The van der Waals surface area contributed by atoms with Crippen molar-refractivity contribution in [1.82, 2.24) is 10.9 Å². The molecule has 2 amide bonds. The number of amides is 2. The molecular formula is C22H24N6O6. The Kier molecular flexibility index (Phi) is 10.5. The molecule has 0 aromatic heterocycles. The van der Waals surface area contributed by atoms with Crippen LogP contribution in [-0.2, 0) is 9.59 Å². The van der Waals surface area contributed by atoms with Crippen molar-refractivity contribution in [3.63, 3.8) is 0 Å². The van der Waals surface area contributed by atoms with Gasteiger partial charge in [0.25, 0.3) is 11.4 Å². The summed E-state index contributed by atoms with van der Waals surface area (Å²) in [6, 6.07) is 11.8. The molecule has 0 aliphatic heterocycles. The second-order valence-electron chi connectivity index (χ2n) is 7.20. The second kappa shape index (κ2) is 13.8. The summed E-state index contributed by atoms with van der Waals surface area (Å²) in [7, 11) is 0. The lowest BCUT2D eigenvalue weighted by Gasteiger charge is -2.02. The summed E-state index contributed by atoms with van der Waals surface area (Å²) < 4.78 is 0. The van der Waals surface area contributed by atoms with Crippen LogP contribution in [0.5, 0.6) is 0 Å². The highest BCUT2D eigenvalue weighted by atomic mass is 16.6. The molecule has 178 valence electrons. The number of non-ortho nitro benzene ring substituents is 2. The zero-order valence-corrected chi connectivity index (χ0v) is 18.3. The monoisotopic (exact) mass is 468 g/mol. The molecule has 2 aromatic rings. The zero-order valence-electron chi connectivity index (χ0n) is 18.3. The van der Waals surface area contributed by atoms with Gasteiger partial charge in [0.1, 0.15) is 0 Å². The maximum absolute atomic E-state index is 11.8. The second-order valence-corrected chi connectivity index (χ2v) is 7.20. The van der Waals surface area contributed by atoms with E-state index < -0.39 is 9.85 Å². The van der Waals surface area contributed by atoms with Crippen LogP contribution in [0, 0.1) is 20.2 Å². The average molecular weight is 468 g/mol. The topological polar surface area (TPSA) is 169 Å². The molecule has 12 heteroatoms. The predicted molar refractivity (Wildman–Crippen MR) is 125 cm³/mol. The van der Waals surface area contributed by atoms with Crippen LogP contribution in [0.15, 0.2) is 58.7 Å². The van der Waals surface area contributed by atoms with E-state index in [-0.39, 0.29) is 36.0 Å². The molecule has 0 unspecified atom stereocenters. The molecule has 0 aliphatic rings.